The summed E-state index contributed by atoms with van der Waals surface area (Å²) in [5.41, 5.74) is 2.40. The van der Waals surface area contributed by atoms with Crippen LogP contribution in [0.5, 0.6) is 0 Å². The van der Waals surface area contributed by atoms with Gasteiger partial charge in [0.05, 0.1) is 11.4 Å². The number of unbranched alkanes of at least 4 members (excludes halogenated alkanes) is 2. The molecule has 2 rings (SSSR count). The van der Waals surface area contributed by atoms with Crippen molar-refractivity contribution in [2.45, 2.75) is 90.5 Å². The molecule has 5 nitrogen and oxygen atoms in total. The zero-order valence-corrected chi connectivity index (χ0v) is 20.8. The molecule has 7 heteroatoms. The molecule has 1 aliphatic heterocycles. The number of para-hydroxylation sites is 2. The average molecular weight is 422 g/mol. The summed E-state index contributed by atoms with van der Waals surface area (Å²) in [6, 6.07) is 10.8. The third-order valence-corrected chi connectivity index (χ3v) is 13.0. The van der Waals surface area contributed by atoms with Crippen molar-refractivity contribution in [2.75, 3.05) is 9.13 Å². The smallest absolute Gasteiger partial charge is 0.407 e. The number of carboxylic acid groups (broad SMARTS) is 1. The summed E-state index contributed by atoms with van der Waals surface area (Å²) < 4.78 is 4.94. The number of carbonyl (C=O) groups is 1. The number of nitrogens with one attached hydrogen (secondary N) is 1. The zero-order chi connectivity index (χ0) is 21.2. The molecule has 0 saturated carbocycles. The van der Waals surface area contributed by atoms with Gasteiger partial charge in [-0.3, -0.25) is 5.32 Å². The summed E-state index contributed by atoms with van der Waals surface area (Å²) >= 11 is 0. The number of fused-ring (bicyclic) bond motifs is 1. The van der Waals surface area contributed by atoms with Gasteiger partial charge in [-0.15, -0.1) is 0 Å². The minimum atomic E-state index is -1.91. The Kier molecular flexibility index (Phi) is 6.92. The van der Waals surface area contributed by atoms with Gasteiger partial charge in [-0.2, -0.15) is 0 Å². The Morgan fingerprint density at radius 3 is 1.68 bits per heavy atom. The second kappa shape index (κ2) is 8.49. The topological polar surface area (TPSA) is 55.8 Å². The normalized spacial score (nSPS) is 16.2. The molecular formula is C21H39N3O2Si2. The van der Waals surface area contributed by atoms with Gasteiger partial charge in [-0.1, -0.05) is 77.9 Å². The van der Waals surface area contributed by atoms with Crippen LogP contribution in [0.25, 0.3) is 0 Å². The van der Waals surface area contributed by atoms with Crippen molar-refractivity contribution in [3.8, 4) is 0 Å². The highest BCUT2D eigenvalue weighted by molar-refractivity contribution is 6.85. The number of rotatable bonds is 9. The van der Waals surface area contributed by atoms with Crippen LogP contribution in [0, 0.1) is 0 Å². The summed E-state index contributed by atoms with van der Waals surface area (Å²) in [4.78, 5) is 12.0. The molecule has 0 radical (unpaired) electrons. The van der Waals surface area contributed by atoms with E-state index in [0.717, 1.165) is 24.9 Å². The summed E-state index contributed by atoms with van der Waals surface area (Å²) in [5, 5.41) is 12.8. The van der Waals surface area contributed by atoms with E-state index in [1.165, 1.54) is 24.2 Å². The highest BCUT2D eigenvalue weighted by Gasteiger charge is 2.56. The highest BCUT2D eigenvalue weighted by atomic mass is 28.3. The molecule has 1 aromatic rings. The van der Waals surface area contributed by atoms with E-state index in [-0.39, 0.29) is 0 Å². The molecule has 0 spiro atoms. The van der Waals surface area contributed by atoms with Crippen molar-refractivity contribution in [1.29, 1.82) is 0 Å². The van der Waals surface area contributed by atoms with Crippen molar-refractivity contribution in [3.05, 3.63) is 24.3 Å². The van der Waals surface area contributed by atoms with Crippen molar-refractivity contribution < 1.29 is 9.90 Å². The monoisotopic (exact) mass is 421 g/mol. The molecule has 0 atom stereocenters. The lowest BCUT2D eigenvalue weighted by Gasteiger charge is -2.53. The predicted octanol–water partition coefficient (Wildman–Crippen LogP) is 6.26. The molecule has 0 aromatic heterocycles. The standard InChI is InChI=1S/C21H39N3O2Si2/c1-8-10-16-27(4,5)23-18-14-12-13-15-19(18)24(21(23,3)22-20(25)26)28(6,7)17-11-9-2/h12-15,22H,8-11,16-17H2,1-7H3,(H,25,26). The second-order valence-corrected chi connectivity index (χ2v) is 18.6. The van der Waals surface area contributed by atoms with Crippen LogP contribution < -0.4 is 14.4 Å². The van der Waals surface area contributed by atoms with Crippen LogP contribution in [0.1, 0.15) is 46.5 Å². The van der Waals surface area contributed by atoms with E-state index in [4.69, 9.17) is 0 Å². The van der Waals surface area contributed by atoms with E-state index < -0.39 is 28.4 Å². The van der Waals surface area contributed by atoms with E-state index in [2.05, 4.69) is 85.7 Å². The Hall–Kier alpha value is -1.48. The van der Waals surface area contributed by atoms with Gasteiger partial charge in [0.25, 0.3) is 0 Å². The lowest BCUT2D eigenvalue weighted by atomic mass is 10.3. The molecule has 2 N–H and O–H groups in total. The molecule has 1 aromatic carbocycles. The van der Waals surface area contributed by atoms with Gasteiger partial charge in [-0.05, 0) is 31.1 Å². The molecule has 0 aliphatic carbocycles. The first-order valence-corrected chi connectivity index (χ1v) is 17.0. The fourth-order valence-corrected chi connectivity index (χ4v) is 12.3. The molecule has 28 heavy (non-hydrogen) atoms. The SMILES string of the molecule is CCCC[Si](C)(C)N1c2ccccc2N([Si](C)(C)CCCC)C1(C)NC(=O)O. The van der Waals surface area contributed by atoms with Gasteiger partial charge < -0.3 is 14.2 Å². The van der Waals surface area contributed by atoms with Crippen molar-refractivity contribution in [1.82, 2.24) is 5.32 Å². The first-order chi connectivity index (χ1) is 13.0. The van der Waals surface area contributed by atoms with Gasteiger partial charge in [-0.25, -0.2) is 4.79 Å². The molecule has 1 heterocycles. The predicted molar refractivity (Wildman–Crippen MR) is 125 cm³/mol. The first-order valence-electron chi connectivity index (χ1n) is 10.7. The van der Waals surface area contributed by atoms with E-state index in [1.54, 1.807) is 0 Å². The van der Waals surface area contributed by atoms with Gasteiger partial charge in [0.1, 0.15) is 0 Å². The number of amides is 1. The Balaban J connectivity index is 2.65. The Morgan fingerprint density at radius 2 is 1.36 bits per heavy atom. The number of hydrogen-bond donors (Lipinski definition) is 2. The van der Waals surface area contributed by atoms with Gasteiger partial charge in [0, 0.05) is 0 Å². The van der Waals surface area contributed by atoms with E-state index in [9.17, 15) is 9.90 Å². The lowest BCUT2D eigenvalue weighted by Crippen LogP contribution is -2.76. The molecule has 0 unspecified atom stereocenters. The Morgan fingerprint density at radius 1 is 0.964 bits per heavy atom. The van der Waals surface area contributed by atoms with Crippen LogP contribution in [0.4, 0.5) is 16.2 Å². The molecule has 1 amide bonds. The highest BCUT2D eigenvalue weighted by Crippen LogP contribution is 2.50. The third-order valence-electron chi connectivity index (χ3n) is 6.07. The van der Waals surface area contributed by atoms with E-state index >= 15 is 0 Å². The molecular weight excluding hydrogens is 382 g/mol. The fraction of sp³-hybridized carbons (Fsp3) is 0.667. The van der Waals surface area contributed by atoms with Crippen LogP contribution in [-0.4, -0.2) is 33.5 Å². The van der Waals surface area contributed by atoms with Crippen LogP contribution >= 0.6 is 0 Å². The zero-order valence-electron chi connectivity index (χ0n) is 18.8. The van der Waals surface area contributed by atoms with Crippen LogP contribution in [-0.2, 0) is 0 Å². The number of nitrogens with zero attached hydrogens (tertiary/aromatic N) is 2. The van der Waals surface area contributed by atoms with E-state index in [0.29, 0.717) is 0 Å². The summed E-state index contributed by atoms with van der Waals surface area (Å²) in [5.74, 6) is -0.734. The number of anilines is 2. The van der Waals surface area contributed by atoms with Gasteiger partial charge in [0.2, 0.25) is 0 Å². The van der Waals surface area contributed by atoms with Crippen molar-refractivity contribution >= 4 is 33.9 Å². The lowest BCUT2D eigenvalue weighted by molar-refractivity contribution is 0.183. The Bertz CT molecular complexity index is 647. The maximum atomic E-state index is 12.0. The molecule has 0 bridgehead atoms. The minimum Gasteiger partial charge on any atom is -0.465 e. The molecule has 0 fully saturated rings. The molecule has 1 aliphatic rings. The summed E-state index contributed by atoms with van der Waals surface area (Å²) in [7, 11) is -3.82. The van der Waals surface area contributed by atoms with Crippen molar-refractivity contribution in [2.24, 2.45) is 0 Å². The minimum absolute atomic E-state index is 0.734. The van der Waals surface area contributed by atoms with Gasteiger partial charge >= 0.3 is 6.09 Å². The first kappa shape index (κ1) is 22.8. The summed E-state index contributed by atoms with van der Waals surface area (Å²) in [6.45, 7) is 16.1. The van der Waals surface area contributed by atoms with Crippen molar-refractivity contribution in [3.63, 3.8) is 0 Å². The largest absolute Gasteiger partial charge is 0.465 e. The number of hydrogen-bond acceptors (Lipinski definition) is 3. The maximum absolute atomic E-state index is 12.0. The van der Waals surface area contributed by atoms with Crippen LogP contribution in [0.3, 0.4) is 0 Å². The fourth-order valence-electron chi connectivity index (χ4n) is 5.00. The van der Waals surface area contributed by atoms with Gasteiger partial charge in [0.15, 0.2) is 22.3 Å². The van der Waals surface area contributed by atoms with E-state index in [1.807, 2.05) is 0 Å². The third kappa shape index (κ3) is 4.25. The second-order valence-electron chi connectivity index (χ2n) is 9.44. The van der Waals surface area contributed by atoms with Crippen LogP contribution in [0.2, 0.25) is 38.3 Å². The van der Waals surface area contributed by atoms with Crippen LogP contribution in [0.15, 0.2) is 24.3 Å². The average Bonchev–Trinajstić information content (AvgIpc) is 2.86. The molecule has 0 saturated heterocycles. The summed E-state index contributed by atoms with van der Waals surface area (Å²) in [6.07, 6.45) is 3.73. The number of benzene rings is 1. The maximum Gasteiger partial charge on any atom is 0.407 e. The quantitative estimate of drug-likeness (QED) is 0.462. The molecule has 158 valence electrons. The Labute approximate surface area is 173 Å².